The zero-order valence-corrected chi connectivity index (χ0v) is 29.6. The molecular weight excluding hydrogens is 542 g/mol. The highest BCUT2D eigenvalue weighted by atomic mass is 16.3. The molecule has 4 aliphatic carbocycles. The van der Waals surface area contributed by atoms with Crippen LogP contribution in [0.15, 0.2) is 0 Å². The van der Waals surface area contributed by atoms with E-state index in [1.54, 1.807) is 0 Å². The number of carbonyl (C=O) groups is 2. The number of Topliss-reactive ketones (excluding diaryl/α,β-unsaturated/α-hetero) is 1. The lowest BCUT2D eigenvalue weighted by molar-refractivity contribution is -0.161. The molecule has 44 heavy (non-hydrogen) atoms. The van der Waals surface area contributed by atoms with Crippen molar-refractivity contribution in [2.24, 2.45) is 34.5 Å². The average molecular weight is 614 g/mol. The van der Waals surface area contributed by atoms with Gasteiger partial charge in [-0.15, -0.1) is 0 Å². The van der Waals surface area contributed by atoms with Crippen LogP contribution in [0.3, 0.4) is 0 Å². The lowest BCUT2D eigenvalue weighted by atomic mass is 9.44. The van der Waals surface area contributed by atoms with Crippen molar-refractivity contribution in [1.29, 1.82) is 0 Å². The molecule has 0 saturated heterocycles. The van der Waals surface area contributed by atoms with E-state index in [-0.39, 0.29) is 16.7 Å². The van der Waals surface area contributed by atoms with E-state index in [2.05, 4.69) is 32.6 Å². The molecule has 4 rings (SSSR count). The molecule has 0 aromatic rings. The SMILES string of the molecule is CCCCCCCCCCCCN(C[C@@]1(O)CC[C@@]2(C)[C@@H](CC[C@@H]3[C@@H]2CC[C@]2(C)C(=O)CC[C@@H]32)C1)C(=O)CCCCCCC. The standard InChI is InChI=1S/C40H71NO3/c1-5-7-9-11-12-13-14-15-17-19-29-41(37(43)20-18-16-10-8-6-2)31-40(44)28-27-38(3)32(30-40)21-22-33-34-23-24-36(42)39(34,4)26-25-35(33)38/h32-35,44H,5-31H2,1-4H3/t32-,33-,34-,35-,38-,39-,40+/m0/s1. The number of amides is 1. The highest BCUT2D eigenvalue weighted by Crippen LogP contribution is 2.66. The second kappa shape index (κ2) is 16.8. The van der Waals surface area contributed by atoms with E-state index in [4.69, 9.17) is 0 Å². The van der Waals surface area contributed by atoms with Gasteiger partial charge >= 0.3 is 0 Å². The molecule has 0 aromatic heterocycles. The Morgan fingerprint density at radius 3 is 2.02 bits per heavy atom. The van der Waals surface area contributed by atoms with Crippen LogP contribution >= 0.6 is 0 Å². The van der Waals surface area contributed by atoms with Gasteiger partial charge in [0.2, 0.25) is 5.91 Å². The maximum atomic E-state index is 13.6. The number of fused-ring (bicyclic) bond motifs is 5. The van der Waals surface area contributed by atoms with Crippen molar-refractivity contribution in [2.75, 3.05) is 13.1 Å². The molecule has 4 fully saturated rings. The monoisotopic (exact) mass is 614 g/mol. The minimum atomic E-state index is -0.750. The molecule has 1 N–H and O–H groups in total. The van der Waals surface area contributed by atoms with Gasteiger partial charge in [0.05, 0.1) is 5.60 Å². The molecule has 0 radical (unpaired) electrons. The van der Waals surface area contributed by atoms with Crippen LogP contribution in [0.2, 0.25) is 0 Å². The fourth-order valence-corrected chi connectivity index (χ4v) is 10.7. The Labute approximate surface area is 272 Å². The Morgan fingerprint density at radius 1 is 0.750 bits per heavy atom. The average Bonchev–Trinajstić information content (AvgIpc) is 3.31. The predicted octanol–water partition coefficient (Wildman–Crippen LogP) is 10.4. The molecule has 7 atom stereocenters. The predicted molar refractivity (Wildman–Crippen MR) is 183 cm³/mol. The first-order chi connectivity index (χ1) is 21.2. The summed E-state index contributed by atoms with van der Waals surface area (Å²) in [5.74, 6) is 3.31. The van der Waals surface area contributed by atoms with Crippen molar-refractivity contribution in [3.63, 3.8) is 0 Å². The van der Waals surface area contributed by atoms with Crippen LogP contribution in [0, 0.1) is 34.5 Å². The molecular formula is C40H71NO3. The molecule has 0 aromatic carbocycles. The summed E-state index contributed by atoms with van der Waals surface area (Å²) in [7, 11) is 0. The molecule has 4 aliphatic rings. The molecule has 0 bridgehead atoms. The second-order valence-electron chi connectivity index (χ2n) is 16.7. The van der Waals surface area contributed by atoms with Gasteiger partial charge < -0.3 is 10.0 Å². The summed E-state index contributed by atoms with van der Waals surface area (Å²) in [6.07, 6.45) is 28.8. The third-order valence-corrected chi connectivity index (χ3v) is 13.6. The van der Waals surface area contributed by atoms with Crippen LogP contribution in [0.1, 0.15) is 188 Å². The van der Waals surface area contributed by atoms with Crippen LogP contribution in [0.4, 0.5) is 0 Å². The van der Waals surface area contributed by atoms with Crippen molar-refractivity contribution >= 4 is 11.7 Å². The van der Waals surface area contributed by atoms with E-state index in [0.717, 1.165) is 64.3 Å². The summed E-state index contributed by atoms with van der Waals surface area (Å²) in [4.78, 5) is 28.5. The summed E-state index contributed by atoms with van der Waals surface area (Å²) in [5, 5.41) is 12.1. The Hall–Kier alpha value is -0.900. The molecule has 4 heteroatoms. The van der Waals surface area contributed by atoms with E-state index >= 15 is 0 Å². The summed E-state index contributed by atoms with van der Waals surface area (Å²) in [6.45, 7) is 10.7. The first kappa shape index (κ1) is 35.9. The Kier molecular flexibility index (Phi) is 13.7. The van der Waals surface area contributed by atoms with Crippen molar-refractivity contribution < 1.29 is 14.7 Å². The lowest BCUT2D eigenvalue weighted by Gasteiger charge is -2.61. The minimum Gasteiger partial charge on any atom is -0.388 e. The number of hydrogen-bond acceptors (Lipinski definition) is 3. The zero-order chi connectivity index (χ0) is 31.6. The summed E-state index contributed by atoms with van der Waals surface area (Å²) >= 11 is 0. The number of nitrogens with zero attached hydrogens (tertiary/aromatic N) is 1. The van der Waals surface area contributed by atoms with Gasteiger partial charge in [-0.25, -0.2) is 0 Å². The highest BCUT2D eigenvalue weighted by Gasteiger charge is 2.61. The van der Waals surface area contributed by atoms with Gasteiger partial charge in [-0.05, 0) is 93.3 Å². The number of unbranched alkanes of at least 4 members (excludes halogenated alkanes) is 13. The summed E-state index contributed by atoms with van der Waals surface area (Å²) < 4.78 is 0. The Balaban J connectivity index is 1.30. The third-order valence-electron chi connectivity index (χ3n) is 13.6. The van der Waals surface area contributed by atoms with Gasteiger partial charge in [-0.1, -0.05) is 111 Å². The molecule has 0 aliphatic heterocycles. The number of carbonyl (C=O) groups excluding carboxylic acids is 2. The zero-order valence-electron chi connectivity index (χ0n) is 29.6. The quantitative estimate of drug-likeness (QED) is 0.147. The van der Waals surface area contributed by atoms with Crippen LogP contribution in [0.5, 0.6) is 0 Å². The first-order valence-corrected chi connectivity index (χ1v) is 19.7. The van der Waals surface area contributed by atoms with Crippen molar-refractivity contribution in [3.05, 3.63) is 0 Å². The summed E-state index contributed by atoms with van der Waals surface area (Å²) in [5.41, 5.74) is -0.543. The van der Waals surface area contributed by atoms with Crippen molar-refractivity contribution in [1.82, 2.24) is 4.90 Å². The maximum absolute atomic E-state index is 13.6. The largest absolute Gasteiger partial charge is 0.388 e. The highest BCUT2D eigenvalue weighted by molar-refractivity contribution is 5.87. The maximum Gasteiger partial charge on any atom is 0.222 e. The Bertz CT molecular complexity index is 903. The van der Waals surface area contributed by atoms with Crippen LogP contribution in [0.25, 0.3) is 0 Å². The number of hydrogen-bond donors (Lipinski definition) is 1. The van der Waals surface area contributed by atoms with E-state index < -0.39 is 5.60 Å². The van der Waals surface area contributed by atoms with E-state index in [9.17, 15) is 14.7 Å². The summed E-state index contributed by atoms with van der Waals surface area (Å²) in [6, 6.07) is 0. The molecule has 0 unspecified atom stereocenters. The number of aliphatic hydroxyl groups is 1. The van der Waals surface area contributed by atoms with Crippen molar-refractivity contribution in [3.8, 4) is 0 Å². The fraction of sp³-hybridized carbons (Fsp3) is 0.950. The van der Waals surface area contributed by atoms with Crippen molar-refractivity contribution in [2.45, 2.75) is 194 Å². The molecule has 4 nitrogen and oxygen atoms in total. The second-order valence-corrected chi connectivity index (χ2v) is 16.7. The Morgan fingerprint density at radius 2 is 1.36 bits per heavy atom. The number of rotatable bonds is 19. The molecule has 0 heterocycles. The third kappa shape index (κ3) is 8.71. The van der Waals surface area contributed by atoms with Crippen LogP contribution in [-0.2, 0) is 9.59 Å². The molecule has 0 spiro atoms. The van der Waals surface area contributed by atoms with Gasteiger partial charge in [0.1, 0.15) is 5.78 Å². The van der Waals surface area contributed by atoms with Gasteiger partial charge in [0.15, 0.2) is 0 Å². The molecule has 1 amide bonds. The lowest BCUT2D eigenvalue weighted by Crippen LogP contribution is -2.58. The molecule has 4 saturated carbocycles. The van der Waals surface area contributed by atoms with Gasteiger partial charge in [0, 0.05) is 31.3 Å². The first-order valence-electron chi connectivity index (χ1n) is 19.7. The van der Waals surface area contributed by atoms with Gasteiger partial charge in [0.25, 0.3) is 0 Å². The van der Waals surface area contributed by atoms with Crippen LogP contribution in [-0.4, -0.2) is 40.4 Å². The normalized spacial score (nSPS) is 34.8. The van der Waals surface area contributed by atoms with Crippen LogP contribution < -0.4 is 0 Å². The van der Waals surface area contributed by atoms with E-state index in [1.165, 1.54) is 96.3 Å². The van der Waals surface area contributed by atoms with Gasteiger partial charge in [-0.3, -0.25) is 9.59 Å². The fourth-order valence-electron chi connectivity index (χ4n) is 10.7. The smallest absolute Gasteiger partial charge is 0.222 e. The minimum absolute atomic E-state index is 0.0637. The van der Waals surface area contributed by atoms with Gasteiger partial charge in [-0.2, -0.15) is 0 Å². The van der Waals surface area contributed by atoms with E-state index in [1.807, 2.05) is 0 Å². The van der Waals surface area contributed by atoms with E-state index in [0.29, 0.717) is 42.4 Å². The topological polar surface area (TPSA) is 57.6 Å². The number of ketones is 1. The molecule has 254 valence electrons.